The lowest BCUT2D eigenvalue weighted by molar-refractivity contribution is 0.297. The highest BCUT2D eigenvalue weighted by molar-refractivity contribution is 5.51. The average Bonchev–Trinajstić information content (AvgIpc) is 2.28. The highest BCUT2D eigenvalue weighted by atomic mass is 16.5. The van der Waals surface area contributed by atoms with Crippen LogP contribution in [0.25, 0.3) is 0 Å². The van der Waals surface area contributed by atoms with Gasteiger partial charge in [0.05, 0.1) is 5.69 Å². The molecule has 0 radical (unpaired) electrons. The largest absolute Gasteiger partial charge is 0.483 e. The third kappa shape index (κ3) is 2.48. The van der Waals surface area contributed by atoms with Gasteiger partial charge >= 0.3 is 0 Å². The minimum Gasteiger partial charge on any atom is -0.483 e. The standard InChI is InChI=1S/C12H13N3O/c1-9-6-7-14-12(15-9)8-16-11-5-3-2-4-10(11)13/h2-7H,8,13H2,1H3. The van der Waals surface area contributed by atoms with Crippen molar-refractivity contribution >= 4 is 5.69 Å². The molecule has 2 rings (SSSR count). The molecule has 2 N–H and O–H groups in total. The summed E-state index contributed by atoms with van der Waals surface area (Å²) in [4.78, 5) is 8.35. The van der Waals surface area contributed by atoms with E-state index in [0.717, 1.165) is 5.69 Å². The molecule has 0 unspecified atom stereocenters. The summed E-state index contributed by atoms with van der Waals surface area (Å²) in [6, 6.07) is 9.21. The smallest absolute Gasteiger partial charge is 0.166 e. The summed E-state index contributed by atoms with van der Waals surface area (Å²) in [5.41, 5.74) is 7.29. The van der Waals surface area contributed by atoms with Crippen molar-refractivity contribution in [2.24, 2.45) is 0 Å². The summed E-state index contributed by atoms with van der Waals surface area (Å²) in [7, 11) is 0. The van der Waals surface area contributed by atoms with Gasteiger partial charge in [0.25, 0.3) is 0 Å². The number of anilines is 1. The molecule has 0 saturated carbocycles. The summed E-state index contributed by atoms with van der Waals surface area (Å²) >= 11 is 0. The Hall–Kier alpha value is -2.10. The van der Waals surface area contributed by atoms with Crippen LogP contribution in [0.4, 0.5) is 5.69 Å². The van der Waals surface area contributed by atoms with Crippen LogP contribution in [-0.4, -0.2) is 9.97 Å². The number of aryl methyl sites for hydroxylation is 1. The van der Waals surface area contributed by atoms with Gasteiger partial charge in [-0.1, -0.05) is 12.1 Å². The van der Waals surface area contributed by atoms with Crippen molar-refractivity contribution in [3.63, 3.8) is 0 Å². The predicted molar refractivity (Wildman–Crippen MR) is 62.0 cm³/mol. The molecule has 1 aromatic heterocycles. The fraction of sp³-hybridized carbons (Fsp3) is 0.167. The van der Waals surface area contributed by atoms with Crippen molar-refractivity contribution in [2.45, 2.75) is 13.5 Å². The number of hydrogen-bond donors (Lipinski definition) is 1. The Bertz CT molecular complexity index is 485. The van der Waals surface area contributed by atoms with Crippen LogP contribution in [0.1, 0.15) is 11.5 Å². The molecule has 4 heteroatoms. The number of rotatable bonds is 3. The van der Waals surface area contributed by atoms with E-state index in [-0.39, 0.29) is 0 Å². The number of nitrogens with two attached hydrogens (primary N) is 1. The SMILES string of the molecule is Cc1ccnc(COc2ccccc2N)n1. The monoisotopic (exact) mass is 215 g/mol. The highest BCUT2D eigenvalue weighted by Crippen LogP contribution is 2.20. The number of nitrogens with zero attached hydrogens (tertiary/aromatic N) is 2. The minimum absolute atomic E-state index is 0.329. The first-order valence-electron chi connectivity index (χ1n) is 5.01. The number of aromatic nitrogens is 2. The van der Waals surface area contributed by atoms with Crippen molar-refractivity contribution < 1.29 is 4.74 Å². The lowest BCUT2D eigenvalue weighted by Crippen LogP contribution is -2.03. The lowest BCUT2D eigenvalue weighted by atomic mass is 10.3. The maximum absolute atomic E-state index is 5.75. The van der Waals surface area contributed by atoms with Gasteiger partial charge in [0, 0.05) is 11.9 Å². The fourth-order valence-electron chi connectivity index (χ4n) is 1.32. The summed E-state index contributed by atoms with van der Waals surface area (Å²) in [5.74, 6) is 1.32. The molecule has 1 heterocycles. The van der Waals surface area contributed by atoms with Crippen molar-refractivity contribution in [3.05, 3.63) is 48.0 Å². The molecule has 0 saturated heterocycles. The normalized spacial score (nSPS) is 10.1. The van der Waals surface area contributed by atoms with Gasteiger partial charge in [-0.05, 0) is 25.1 Å². The molecule has 0 bridgehead atoms. The van der Waals surface area contributed by atoms with Gasteiger partial charge in [-0.2, -0.15) is 0 Å². The molecule has 0 aliphatic carbocycles. The summed E-state index contributed by atoms with van der Waals surface area (Å²) in [6.07, 6.45) is 1.72. The molecule has 4 nitrogen and oxygen atoms in total. The maximum atomic E-state index is 5.75. The maximum Gasteiger partial charge on any atom is 0.166 e. The zero-order valence-electron chi connectivity index (χ0n) is 9.05. The first-order valence-corrected chi connectivity index (χ1v) is 5.01. The van der Waals surface area contributed by atoms with Crippen molar-refractivity contribution in [1.29, 1.82) is 0 Å². The number of hydrogen-bond acceptors (Lipinski definition) is 4. The van der Waals surface area contributed by atoms with E-state index in [1.807, 2.05) is 31.2 Å². The molecule has 0 amide bonds. The lowest BCUT2D eigenvalue weighted by Gasteiger charge is -2.07. The number of para-hydroxylation sites is 2. The quantitative estimate of drug-likeness (QED) is 0.795. The zero-order valence-corrected chi connectivity index (χ0v) is 9.05. The average molecular weight is 215 g/mol. The molecular formula is C12H13N3O. The van der Waals surface area contributed by atoms with E-state index in [0.29, 0.717) is 23.9 Å². The van der Waals surface area contributed by atoms with Gasteiger partial charge < -0.3 is 10.5 Å². The van der Waals surface area contributed by atoms with Gasteiger partial charge in [0.2, 0.25) is 0 Å². The van der Waals surface area contributed by atoms with Crippen LogP contribution in [0.2, 0.25) is 0 Å². The van der Waals surface area contributed by atoms with E-state index in [4.69, 9.17) is 10.5 Å². The Labute approximate surface area is 94.1 Å². The molecule has 16 heavy (non-hydrogen) atoms. The van der Waals surface area contributed by atoms with Crippen LogP contribution >= 0.6 is 0 Å². The molecule has 1 aromatic carbocycles. The number of ether oxygens (including phenoxy) is 1. The molecule has 82 valence electrons. The predicted octanol–water partition coefficient (Wildman–Crippen LogP) is 1.95. The van der Waals surface area contributed by atoms with Gasteiger partial charge in [0.1, 0.15) is 12.4 Å². The van der Waals surface area contributed by atoms with Crippen LogP contribution in [0.5, 0.6) is 5.75 Å². The van der Waals surface area contributed by atoms with Crippen LogP contribution in [0.3, 0.4) is 0 Å². The van der Waals surface area contributed by atoms with E-state index in [1.54, 1.807) is 12.3 Å². The Balaban J connectivity index is 2.05. The molecule has 0 fully saturated rings. The third-order valence-electron chi connectivity index (χ3n) is 2.12. The van der Waals surface area contributed by atoms with Crippen molar-refractivity contribution in [1.82, 2.24) is 9.97 Å². The molecule has 2 aromatic rings. The molecular weight excluding hydrogens is 202 g/mol. The Kier molecular flexibility index (Phi) is 3.00. The third-order valence-corrected chi connectivity index (χ3v) is 2.12. The molecule has 0 atom stereocenters. The first-order chi connectivity index (χ1) is 7.75. The Morgan fingerprint density at radius 2 is 2.06 bits per heavy atom. The minimum atomic E-state index is 0.329. The topological polar surface area (TPSA) is 61.0 Å². The summed E-state index contributed by atoms with van der Waals surface area (Å²) < 4.78 is 5.53. The fourth-order valence-corrected chi connectivity index (χ4v) is 1.32. The van der Waals surface area contributed by atoms with Gasteiger partial charge in [-0.25, -0.2) is 9.97 Å². The van der Waals surface area contributed by atoms with E-state index in [1.165, 1.54) is 0 Å². The number of nitrogen functional groups attached to an aromatic ring is 1. The molecule has 0 aliphatic rings. The Morgan fingerprint density at radius 1 is 1.25 bits per heavy atom. The second-order valence-electron chi connectivity index (χ2n) is 3.44. The zero-order chi connectivity index (χ0) is 11.4. The highest BCUT2D eigenvalue weighted by Gasteiger charge is 2.01. The van der Waals surface area contributed by atoms with E-state index >= 15 is 0 Å². The first kappa shape index (κ1) is 10.4. The second-order valence-corrected chi connectivity index (χ2v) is 3.44. The van der Waals surface area contributed by atoms with Crippen LogP contribution in [0.15, 0.2) is 36.5 Å². The van der Waals surface area contributed by atoms with Crippen LogP contribution in [-0.2, 0) is 6.61 Å². The molecule has 0 aliphatic heterocycles. The van der Waals surface area contributed by atoms with Crippen molar-refractivity contribution in [3.8, 4) is 5.75 Å². The van der Waals surface area contributed by atoms with E-state index in [2.05, 4.69) is 9.97 Å². The van der Waals surface area contributed by atoms with E-state index in [9.17, 15) is 0 Å². The van der Waals surface area contributed by atoms with Gasteiger partial charge in [-0.3, -0.25) is 0 Å². The van der Waals surface area contributed by atoms with Gasteiger partial charge in [0.15, 0.2) is 5.82 Å². The number of benzene rings is 1. The van der Waals surface area contributed by atoms with Gasteiger partial charge in [-0.15, -0.1) is 0 Å². The molecule has 0 spiro atoms. The summed E-state index contributed by atoms with van der Waals surface area (Å²) in [5, 5.41) is 0. The Morgan fingerprint density at radius 3 is 2.81 bits per heavy atom. The van der Waals surface area contributed by atoms with E-state index < -0.39 is 0 Å². The van der Waals surface area contributed by atoms with Crippen molar-refractivity contribution in [2.75, 3.05) is 5.73 Å². The van der Waals surface area contributed by atoms with Crippen LogP contribution in [0, 0.1) is 6.92 Å². The van der Waals surface area contributed by atoms with Crippen LogP contribution < -0.4 is 10.5 Å². The summed E-state index contributed by atoms with van der Waals surface area (Å²) in [6.45, 7) is 2.25. The second kappa shape index (κ2) is 4.61.